The second kappa shape index (κ2) is 9.40. The number of aromatic nitrogens is 1. The Morgan fingerprint density at radius 1 is 0.781 bits per heavy atom. The maximum absolute atomic E-state index is 11.2. The number of nitro groups is 2. The smallest absolute Gasteiger partial charge is 0.269 e. The first-order valence-electron chi connectivity index (χ1n) is 10.2. The number of benzene rings is 3. The molecular formula is C24H22N4O4. The summed E-state index contributed by atoms with van der Waals surface area (Å²) >= 11 is 0. The first-order chi connectivity index (χ1) is 15.5. The Labute approximate surface area is 184 Å². The lowest BCUT2D eigenvalue weighted by molar-refractivity contribution is -0.385. The molecule has 0 atom stereocenters. The van der Waals surface area contributed by atoms with Crippen LogP contribution < -0.4 is 0 Å². The highest BCUT2D eigenvalue weighted by atomic mass is 16.6. The zero-order valence-electron chi connectivity index (χ0n) is 17.3. The largest absolute Gasteiger partial charge is 0.361 e. The Morgan fingerprint density at radius 2 is 1.38 bits per heavy atom. The number of rotatable bonds is 9. The molecule has 1 aromatic heterocycles. The number of hydrogen-bond donors (Lipinski definition) is 1. The Bertz CT molecular complexity index is 1210. The summed E-state index contributed by atoms with van der Waals surface area (Å²) in [6.45, 7) is 1.67. The van der Waals surface area contributed by atoms with Crippen molar-refractivity contribution < 1.29 is 9.85 Å². The zero-order chi connectivity index (χ0) is 22.5. The number of para-hydroxylation sites is 1. The van der Waals surface area contributed by atoms with E-state index >= 15 is 0 Å². The third-order valence-corrected chi connectivity index (χ3v) is 5.43. The molecule has 162 valence electrons. The Kier molecular flexibility index (Phi) is 6.23. The van der Waals surface area contributed by atoms with E-state index in [4.69, 9.17) is 0 Å². The molecule has 3 aromatic carbocycles. The lowest BCUT2D eigenvalue weighted by Gasteiger charge is -2.22. The molecule has 8 nitrogen and oxygen atoms in total. The molecule has 8 heteroatoms. The highest BCUT2D eigenvalue weighted by Gasteiger charge is 2.14. The highest BCUT2D eigenvalue weighted by molar-refractivity contribution is 5.83. The number of hydrogen-bond acceptors (Lipinski definition) is 5. The van der Waals surface area contributed by atoms with Gasteiger partial charge in [-0.25, -0.2) is 0 Å². The molecular weight excluding hydrogens is 408 g/mol. The van der Waals surface area contributed by atoms with Gasteiger partial charge < -0.3 is 4.98 Å². The third kappa shape index (κ3) is 4.98. The molecule has 0 saturated carbocycles. The van der Waals surface area contributed by atoms with Crippen molar-refractivity contribution in [3.8, 4) is 0 Å². The third-order valence-electron chi connectivity index (χ3n) is 5.43. The summed E-state index contributed by atoms with van der Waals surface area (Å²) in [6.07, 6.45) is 2.78. The maximum atomic E-state index is 11.2. The summed E-state index contributed by atoms with van der Waals surface area (Å²) in [6, 6.07) is 21.3. The van der Waals surface area contributed by atoms with E-state index in [1.165, 1.54) is 17.7 Å². The molecule has 0 aliphatic heterocycles. The van der Waals surface area contributed by atoms with Gasteiger partial charge in [0, 0.05) is 61.0 Å². The van der Waals surface area contributed by atoms with Gasteiger partial charge in [0.1, 0.15) is 0 Å². The van der Waals surface area contributed by atoms with Crippen LogP contribution in [0.4, 0.5) is 11.4 Å². The predicted molar refractivity (Wildman–Crippen MR) is 122 cm³/mol. The SMILES string of the molecule is O=[N+]([O-])c1cccc(CN(CCc2c[nH]c3ccccc23)Cc2cccc([N+](=O)[O-])c2)c1. The van der Waals surface area contributed by atoms with Crippen LogP contribution in [0.25, 0.3) is 10.9 Å². The summed E-state index contributed by atoms with van der Waals surface area (Å²) in [5.41, 5.74) is 4.01. The van der Waals surface area contributed by atoms with Crippen molar-refractivity contribution >= 4 is 22.3 Å². The van der Waals surface area contributed by atoms with Crippen LogP contribution in [0.2, 0.25) is 0 Å². The fourth-order valence-corrected chi connectivity index (χ4v) is 3.88. The van der Waals surface area contributed by atoms with Crippen LogP contribution in [0.1, 0.15) is 16.7 Å². The average molecular weight is 430 g/mol. The summed E-state index contributed by atoms with van der Waals surface area (Å²) in [4.78, 5) is 27.0. The van der Waals surface area contributed by atoms with E-state index in [-0.39, 0.29) is 11.4 Å². The molecule has 1 heterocycles. The van der Waals surface area contributed by atoms with Gasteiger partial charge in [0.2, 0.25) is 0 Å². The van der Waals surface area contributed by atoms with Crippen LogP contribution in [0.15, 0.2) is 79.0 Å². The van der Waals surface area contributed by atoms with E-state index in [1.54, 1.807) is 24.3 Å². The average Bonchev–Trinajstić information content (AvgIpc) is 3.21. The van der Waals surface area contributed by atoms with Crippen molar-refractivity contribution in [1.82, 2.24) is 9.88 Å². The molecule has 0 spiro atoms. The lowest BCUT2D eigenvalue weighted by Crippen LogP contribution is -2.25. The molecule has 4 aromatic rings. The van der Waals surface area contributed by atoms with Crippen molar-refractivity contribution in [1.29, 1.82) is 0 Å². The minimum atomic E-state index is -0.402. The molecule has 0 radical (unpaired) electrons. The van der Waals surface area contributed by atoms with E-state index in [0.29, 0.717) is 19.6 Å². The number of nitrogens with zero attached hydrogens (tertiary/aromatic N) is 3. The van der Waals surface area contributed by atoms with E-state index in [0.717, 1.165) is 28.5 Å². The minimum absolute atomic E-state index is 0.0504. The first-order valence-corrected chi connectivity index (χ1v) is 10.2. The molecule has 0 saturated heterocycles. The van der Waals surface area contributed by atoms with Crippen molar-refractivity contribution in [2.24, 2.45) is 0 Å². The van der Waals surface area contributed by atoms with Crippen LogP contribution in [-0.2, 0) is 19.5 Å². The van der Waals surface area contributed by atoms with Crippen molar-refractivity contribution in [2.75, 3.05) is 6.54 Å². The zero-order valence-corrected chi connectivity index (χ0v) is 17.3. The number of fused-ring (bicyclic) bond motifs is 1. The van der Waals surface area contributed by atoms with Crippen LogP contribution >= 0.6 is 0 Å². The molecule has 0 amide bonds. The summed E-state index contributed by atoms with van der Waals surface area (Å²) in [7, 11) is 0. The second-order valence-electron chi connectivity index (χ2n) is 7.67. The maximum Gasteiger partial charge on any atom is 0.269 e. The summed E-state index contributed by atoms with van der Waals surface area (Å²) in [5, 5.41) is 23.5. The number of nitrogens with one attached hydrogen (secondary N) is 1. The number of aromatic amines is 1. The Hall–Kier alpha value is -4.04. The van der Waals surface area contributed by atoms with Crippen LogP contribution in [0, 0.1) is 20.2 Å². The standard InChI is InChI=1S/C24H22N4O4/c29-27(30)21-7-3-5-18(13-21)16-26(17-19-6-4-8-22(14-19)28(31)32)12-11-20-15-25-24-10-2-1-9-23(20)24/h1-10,13-15,25H,11-12,16-17H2. The number of nitro benzene ring substituents is 2. The molecule has 0 unspecified atom stereocenters. The van der Waals surface area contributed by atoms with E-state index in [2.05, 4.69) is 16.0 Å². The van der Waals surface area contributed by atoms with Crippen molar-refractivity contribution in [3.63, 3.8) is 0 Å². The van der Waals surface area contributed by atoms with Gasteiger partial charge in [0.05, 0.1) is 9.85 Å². The molecule has 0 fully saturated rings. The van der Waals surface area contributed by atoms with Crippen molar-refractivity contribution in [2.45, 2.75) is 19.5 Å². The molecule has 4 rings (SSSR count). The minimum Gasteiger partial charge on any atom is -0.361 e. The van der Waals surface area contributed by atoms with Gasteiger partial charge in [-0.05, 0) is 29.2 Å². The van der Waals surface area contributed by atoms with Gasteiger partial charge in [0.15, 0.2) is 0 Å². The van der Waals surface area contributed by atoms with Crippen LogP contribution in [-0.4, -0.2) is 26.3 Å². The van der Waals surface area contributed by atoms with Gasteiger partial charge in [-0.3, -0.25) is 25.1 Å². The normalized spacial score (nSPS) is 11.2. The van der Waals surface area contributed by atoms with E-state index < -0.39 is 9.85 Å². The fourth-order valence-electron chi connectivity index (χ4n) is 3.88. The second-order valence-corrected chi connectivity index (χ2v) is 7.67. The Balaban J connectivity index is 1.57. The number of H-pyrrole nitrogens is 1. The van der Waals surface area contributed by atoms with Crippen molar-refractivity contribution in [3.05, 3.63) is 116 Å². The van der Waals surface area contributed by atoms with E-state index in [1.807, 2.05) is 36.5 Å². The van der Waals surface area contributed by atoms with Gasteiger partial charge >= 0.3 is 0 Å². The topological polar surface area (TPSA) is 105 Å². The Morgan fingerprint density at radius 3 is 1.97 bits per heavy atom. The van der Waals surface area contributed by atoms with Gasteiger partial charge in [-0.2, -0.15) is 0 Å². The quantitative estimate of drug-likeness (QED) is 0.289. The molecule has 0 aliphatic carbocycles. The lowest BCUT2D eigenvalue weighted by atomic mass is 10.1. The predicted octanol–water partition coefficient (Wildman–Crippen LogP) is 5.23. The molecule has 0 bridgehead atoms. The number of non-ortho nitro benzene ring substituents is 2. The van der Waals surface area contributed by atoms with Gasteiger partial charge in [-0.15, -0.1) is 0 Å². The van der Waals surface area contributed by atoms with Crippen LogP contribution in [0.5, 0.6) is 0 Å². The van der Waals surface area contributed by atoms with Crippen LogP contribution in [0.3, 0.4) is 0 Å². The monoisotopic (exact) mass is 430 g/mol. The summed E-state index contributed by atoms with van der Waals surface area (Å²) < 4.78 is 0. The molecule has 32 heavy (non-hydrogen) atoms. The van der Waals surface area contributed by atoms with Gasteiger partial charge in [0.25, 0.3) is 11.4 Å². The molecule has 0 aliphatic rings. The summed E-state index contributed by atoms with van der Waals surface area (Å²) in [5.74, 6) is 0. The fraction of sp³-hybridized carbons (Fsp3) is 0.167. The molecule has 1 N–H and O–H groups in total. The van der Waals surface area contributed by atoms with E-state index in [9.17, 15) is 20.2 Å². The highest BCUT2D eigenvalue weighted by Crippen LogP contribution is 2.21. The first kappa shape index (κ1) is 21.2. The van der Waals surface area contributed by atoms with Gasteiger partial charge in [-0.1, -0.05) is 42.5 Å².